The molecule has 2 aromatic carbocycles. The maximum atomic E-state index is 14.3. The third-order valence-corrected chi connectivity index (χ3v) is 15.1. The Balaban J connectivity index is 1.27. The molecule has 10 unspecified atom stereocenters. The van der Waals surface area contributed by atoms with Crippen LogP contribution in [-0.2, 0) is 30.9 Å². The van der Waals surface area contributed by atoms with Crippen molar-refractivity contribution >= 4 is 28.5 Å². The van der Waals surface area contributed by atoms with Gasteiger partial charge in [0, 0.05) is 96.9 Å². The molecule has 2 bridgehead atoms. The molecule has 55 heavy (non-hydrogen) atoms. The van der Waals surface area contributed by atoms with Crippen molar-refractivity contribution in [3.63, 3.8) is 0 Å². The Kier molecular flexibility index (Phi) is 8.94. The Hall–Kier alpha value is -3.86. The van der Waals surface area contributed by atoms with Crippen molar-refractivity contribution < 1.29 is 28.9 Å². The minimum absolute atomic E-state index is 0.0496. The Labute approximate surface area is 325 Å². The monoisotopic (exact) mass is 750 g/mol. The molecule has 10 heteroatoms. The number of H-pyrrole nitrogens is 1. The number of hydrogen-bond donors (Lipinski definition) is 2. The predicted octanol–water partition coefficient (Wildman–Crippen LogP) is 5.94. The molecular weight excluding hydrogens is 693 g/mol. The number of aromatic amines is 1. The number of para-hydroxylation sites is 1. The van der Waals surface area contributed by atoms with Crippen LogP contribution in [0.3, 0.4) is 0 Å². The lowest BCUT2D eigenvalue weighted by atomic mass is 9.47. The summed E-state index contributed by atoms with van der Waals surface area (Å²) < 4.78 is 18.0. The molecule has 0 radical (unpaired) electrons. The average molecular weight is 751 g/mol. The Morgan fingerprint density at radius 1 is 1.05 bits per heavy atom. The molecule has 6 heterocycles. The van der Waals surface area contributed by atoms with E-state index >= 15 is 0 Å². The number of hydrogen-bond acceptors (Lipinski definition) is 9. The number of likely N-dealkylation sites (N-methyl/N-ethyl adjacent to an activating group) is 1. The first-order chi connectivity index (χ1) is 26.5. The summed E-state index contributed by atoms with van der Waals surface area (Å²) >= 11 is 0. The molecular formula is C45H58N4O6. The van der Waals surface area contributed by atoms with Gasteiger partial charge in [0.1, 0.15) is 5.75 Å². The second-order valence-corrected chi connectivity index (χ2v) is 17.6. The number of benzene rings is 2. The van der Waals surface area contributed by atoms with Gasteiger partial charge in [0.05, 0.1) is 20.3 Å². The zero-order chi connectivity index (χ0) is 38.4. The van der Waals surface area contributed by atoms with Gasteiger partial charge in [0.25, 0.3) is 0 Å². The van der Waals surface area contributed by atoms with Crippen LogP contribution >= 0.6 is 0 Å². The normalized spacial score (nSPS) is 36.4. The lowest BCUT2D eigenvalue weighted by Crippen LogP contribution is -2.81. The number of esters is 2. The van der Waals surface area contributed by atoms with Gasteiger partial charge < -0.3 is 34.1 Å². The third-order valence-electron chi connectivity index (χ3n) is 15.1. The van der Waals surface area contributed by atoms with Crippen molar-refractivity contribution in [3.05, 3.63) is 70.9 Å². The molecule has 10 atom stereocenters. The fourth-order valence-electron chi connectivity index (χ4n) is 13.1. The van der Waals surface area contributed by atoms with E-state index in [0.29, 0.717) is 12.3 Å². The van der Waals surface area contributed by atoms with Crippen LogP contribution in [0.15, 0.2) is 48.6 Å². The molecule has 1 saturated carbocycles. The molecule has 3 aromatic rings. The summed E-state index contributed by atoms with van der Waals surface area (Å²) in [6.07, 6.45) is 9.98. The van der Waals surface area contributed by atoms with E-state index < -0.39 is 40.5 Å². The van der Waals surface area contributed by atoms with Crippen molar-refractivity contribution in [1.82, 2.24) is 14.8 Å². The number of piperidine rings is 1. The molecule has 2 N–H and O–H groups in total. The highest BCUT2D eigenvalue weighted by Gasteiger charge is 2.80. The number of carbonyl (C=O) groups excluding carboxylic acids is 2. The topological polar surface area (TPSA) is 108 Å². The van der Waals surface area contributed by atoms with E-state index in [4.69, 9.17) is 14.2 Å². The van der Waals surface area contributed by atoms with E-state index in [1.54, 1.807) is 7.11 Å². The third kappa shape index (κ3) is 5.09. The van der Waals surface area contributed by atoms with Gasteiger partial charge in [-0.15, -0.1) is 0 Å². The fourth-order valence-corrected chi connectivity index (χ4v) is 13.1. The van der Waals surface area contributed by atoms with E-state index in [0.717, 1.165) is 80.3 Å². The van der Waals surface area contributed by atoms with Crippen LogP contribution in [0.5, 0.6) is 5.75 Å². The molecule has 1 aromatic heterocycles. The first kappa shape index (κ1) is 36.8. The van der Waals surface area contributed by atoms with Gasteiger partial charge in [-0.25, -0.2) is 4.79 Å². The molecule has 1 spiro atoms. The Bertz CT molecular complexity index is 2040. The molecule has 0 amide bonds. The van der Waals surface area contributed by atoms with Crippen molar-refractivity contribution in [1.29, 1.82) is 0 Å². The van der Waals surface area contributed by atoms with E-state index in [2.05, 4.69) is 82.1 Å². The smallest absolute Gasteiger partial charge is 0.344 e. The Morgan fingerprint density at radius 2 is 1.87 bits per heavy atom. The second-order valence-electron chi connectivity index (χ2n) is 17.6. The summed E-state index contributed by atoms with van der Waals surface area (Å²) in [6.45, 7) is 10.7. The number of rotatable bonds is 6. The maximum absolute atomic E-state index is 14.3. The van der Waals surface area contributed by atoms with Crippen LogP contribution in [0.2, 0.25) is 0 Å². The van der Waals surface area contributed by atoms with Gasteiger partial charge in [0.2, 0.25) is 5.60 Å². The standard InChI is InChI=1S/C45H58N4O6/c1-7-28-22-29-14-15-31(38-32(16-20-48(25-28)26-29)30-12-9-10-13-35(30)46-38)33-23-34-36(24-37(33)53-5)47(4)40-44(34)18-21-49-19-11-17-43(8-2,39(44)49)41(55-27(3)50)45(40,52)42(51)54-6/h9-13,17,23-24,28-29,31,39-41,46,52H,7-8,14-16,18-22,25-26H2,1-6H3. The zero-order valence-corrected chi connectivity index (χ0v) is 33.4. The van der Waals surface area contributed by atoms with Crippen LogP contribution < -0.4 is 9.64 Å². The van der Waals surface area contributed by atoms with E-state index in [-0.39, 0.29) is 12.0 Å². The van der Waals surface area contributed by atoms with Crippen LogP contribution in [0.1, 0.15) is 87.6 Å². The number of aromatic nitrogens is 1. The van der Waals surface area contributed by atoms with E-state index in [9.17, 15) is 14.7 Å². The summed E-state index contributed by atoms with van der Waals surface area (Å²) in [4.78, 5) is 38.4. The van der Waals surface area contributed by atoms with Gasteiger partial charge in [0.15, 0.2) is 6.10 Å². The quantitative estimate of drug-likeness (QED) is 0.234. The fraction of sp³-hybridized carbons (Fsp3) is 0.600. The van der Waals surface area contributed by atoms with E-state index in [1.165, 1.54) is 55.6 Å². The second kappa shape index (κ2) is 13.4. The van der Waals surface area contributed by atoms with Crippen molar-refractivity contribution in [2.24, 2.45) is 17.3 Å². The number of methoxy groups -OCH3 is 2. The number of anilines is 1. The molecule has 5 aliphatic heterocycles. The van der Waals surface area contributed by atoms with Gasteiger partial charge in [-0.2, -0.15) is 0 Å². The lowest BCUT2D eigenvalue weighted by molar-refractivity contribution is -0.228. The van der Waals surface area contributed by atoms with Crippen LogP contribution in [0, 0.1) is 17.3 Å². The molecule has 3 fully saturated rings. The molecule has 294 valence electrons. The van der Waals surface area contributed by atoms with Crippen molar-refractivity contribution in [3.8, 4) is 5.75 Å². The summed E-state index contributed by atoms with van der Waals surface area (Å²) in [5.41, 5.74) is 3.37. The first-order valence-electron chi connectivity index (χ1n) is 20.7. The van der Waals surface area contributed by atoms with Gasteiger partial charge in [-0.3, -0.25) is 9.69 Å². The molecule has 10 nitrogen and oxygen atoms in total. The number of ether oxygens (including phenoxy) is 3. The van der Waals surface area contributed by atoms with Gasteiger partial charge in [-0.05, 0) is 80.2 Å². The SMILES string of the molecule is CCC1CC2CCC(c3cc4c(cc3OC)N(C)C3C(O)(C(=O)OC)C(OC(C)=O)C5(CC)C=CCN6CCC43C65)c3[nH]c4ccccc4c3CCN(C1)C2. The number of nitrogens with one attached hydrogen (secondary N) is 1. The molecule has 2 saturated heterocycles. The number of carbonyl (C=O) groups is 2. The lowest BCUT2D eigenvalue weighted by Gasteiger charge is -2.63. The number of aliphatic hydroxyl groups is 1. The Morgan fingerprint density at radius 3 is 2.62 bits per heavy atom. The summed E-state index contributed by atoms with van der Waals surface area (Å²) in [5, 5.41) is 14.5. The minimum Gasteiger partial charge on any atom is -0.496 e. The number of nitrogens with zero attached hydrogens (tertiary/aromatic N) is 3. The molecule has 1 aliphatic carbocycles. The summed E-state index contributed by atoms with van der Waals surface area (Å²) in [7, 11) is 5.04. The minimum atomic E-state index is -2.16. The van der Waals surface area contributed by atoms with Crippen molar-refractivity contribution in [2.75, 3.05) is 58.9 Å². The molecule has 6 aliphatic rings. The average Bonchev–Trinajstić information content (AvgIpc) is 3.84. The van der Waals surface area contributed by atoms with Crippen LogP contribution in [0.4, 0.5) is 5.69 Å². The van der Waals surface area contributed by atoms with Gasteiger partial charge >= 0.3 is 11.9 Å². The molecule has 9 rings (SSSR count). The van der Waals surface area contributed by atoms with Crippen LogP contribution in [0.25, 0.3) is 10.9 Å². The van der Waals surface area contributed by atoms with Crippen molar-refractivity contribution in [2.45, 2.75) is 101 Å². The maximum Gasteiger partial charge on any atom is 0.344 e. The predicted molar refractivity (Wildman–Crippen MR) is 213 cm³/mol. The largest absolute Gasteiger partial charge is 0.496 e. The highest BCUT2D eigenvalue weighted by molar-refractivity contribution is 5.88. The first-order valence-corrected chi connectivity index (χ1v) is 20.7. The van der Waals surface area contributed by atoms with E-state index in [1.807, 2.05) is 7.05 Å². The highest BCUT2D eigenvalue weighted by atomic mass is 16.6. The van der Waals surface area contributed by atoms with Gasteiger partial charge in [-0.1, -0.05) is 50.6 Å². The number of fused-ring (bicyclic) bond motifs is 6. The highest BCUT2D eigenvalue weighted by Crippen LogP contribution is 2.68. The van der Waals surface area contributed by atoms with Crippen LogP contribution in [-0.4, -0.2) is 110 Å². The zero-order valence-electron chi connectivity index (χ0n) is 33.4. The summed E-state index contributed by atoms with van der Waals surface area (Å²) in [5.74, 6) is 0.909. The summed E-state index contributed by atoms with van der Waals surface area (Å²) in [6, 6.07) is 12.4.